The van der Waals surface area contributed by atoms with Gasteiger partial charge in [-0.25, -0.2) is 0 Å². The Morgan fingerprint density at radius 2 is 2.00 bits per heavy atom. The van der Waals surface area contributed by atoms with E-state index in [1.807, 2.05) is 18.2 Å². The van der Waals surface area contributed by atoms with Crippen LogP contribution in [0.2, 0.25) is 0 Å². The van der Waals surface area contributed by atoms with Gasteiger partial charge in [-0.1, -0.05) is 23.9 Å². The summed E-state index contributed by atoms with van der Waals surface area (Å²) in [4.78, 5) is 3.60. The highest BCUT2D eigenvalue weighted by atomic mass is 32.2. The zero-order valence-electron chi connectivity index (χ0n) is 13.7. The number of nitrogens with two attached hydrogens (primary N) is 1. The molecular weight excluding hydrogens is 316 g/mol. The molecule has 0 fully saturated rings. The van der Waals surface area contributed by atoms with Crippen molar-refractivity contribution >= 4 is 23.5 Å². The molecule has 0 radical (unpaired) electrons. The van der Waals surface area contributed by atoms with E-state index in [9.17, 15) is 0 Å². The normalized spacial score (nSPS) is 15.2. The van der Waals surface area contributed by atoms with Crippen LogP contribution >= 0.6 is 11.8 Å². The quantitative estimate of drug-likeness (QED) is 0.781. The first-order valence-corrected chi connectivity index (χ1v) is 8.86. The minimum Gasteiger partial charge on any atom is -0.456 e. The van der Waals surface area contributed by atoms with Crippen LogP contribution in [0.25, 0.3) is 17.4 Å². The third kappa shape index (κ3) is 2.53. The van der Waals surface area contributed by atoms with Crippen molar-refractivity contribution < 1.29 is 9.83 Å². The van der Waals surface area contributed by atoms with Crippen molar-refractivity contribution in [2.45, 2.75) is 18.7 Å². The first-order chi connectivity index (χ1) is 11.7. The van der Waals surface area contributed by atoms with Crippen LogP contribution in [-0.2, 0) is 0 Å². The fourth-order valence-electron chi connectivity index (χ4n) is 3.08. The summed E-state index contributed by atoms with van der Waals surface area (Å²) in [5.74, 6) is 1.67. The lowest BCUT2D eigenvalue weighted by molar-refractivity contribution is -0.172. The highest BCUT2D eigenvalue weighted by Gasteiger charge is 2.23. The van der Waals surface area contributed by atoms with Crippen molar-refractivity contribution in [3.05, 3.63) is 70.2 Å². The topological polar surface area (TPSA) is 42.0 Å². The fourth-order valence-corrected chi connectivity index (χ4v) is 4.24. The molecule has 0 unspecified atom stereocenters. The number of rotatable bonds is 2. The summed E-state index contributed by atoms with van der Waals surface area (Å²) >= 11 is 1.78. The molecule has 1 aromatic rings. The summed E-state index contributed by atoms with van der Waals surface area (Å²) in [5, 5.41) is 7.80. The maximum absolute atomic E-state index is 6.08. The fraction of sp³-hybridized carbons (Fsp3) is 0.150. The minimum absolute atomic E-state index is 0.716. The molecule has 4 heteroatoms. The first kappa shape index (κ1) is 15.1. The summed E-state index contributed by atoms with van der Waals surface area (Å²) < 4.78 is 6.08. The Kier molecular flexibility index (Phi) is 3.69. The molecule has 0 saturated carbocycles. The zero-order valence-corrected chi connectivity index (χ0v) is 14.6. The molecule has 1 aromatic carbocycles. The minimum atomic E-state index is 0.716. The Hall–Kier alpha value is -2.46. The Labute approximate surface area is 145 Å². The SMILES string of the molecule is CCN1/C(=C/c2cc(C)c3ccc(=[NH2+])cc-3o2)Sc2ccccc21. The molecule has 4 rings (SSSR count). The van der Waals surface area contributed by atoms with Crippen molar-refractivity contribution in [1.29, 1.82) is 0 Å². The van der Waals surface area contributed by atoms with E-state index < -0.39 is 0 Å². The Morgan fingerprint density at radius 1 is 1.17 bits per heavy atom. The number of fused-ring (bicyclic) bond motifs is 2. The molecule has 1 aliphatic carbocycles. The van der Waals surface area contributed by atoms with Crippen LogP contribution in [0, 0.1) is 6.92 Å². The van der Waals surface area contributed by atoms with Crippen molar-refractivity contribution in [3.63, 3.8) is 0 Å². The van der Waals surface area contributed by atoms with Crippen LogP contribution in [0.15, 0.2) is 62.9 Å². The summed E-state index contributed by atoms with van der Waals surface area (Å²) in [6, 6.07) is 16.4. The lowest BCUT2D eigenvalue weighted by Gasteiger charge is -2.18. The number of benzene rings is 2. The van der Waals surface area contributed by atoms with E-state index >= 15 is 0 Å². The molecule has 3 aliphatic rings. The summed E-state index contributed by atoms with van der Waals surface area (Å²) in [6.07, 6.45) is 2.11. The number of para-hydroxylation sites is 1. The number of aryl methyl sites for hydroxylation is 1. The van der Waals surface area contributed by atoms with Crippen molar-refractivity contribution in [2.24, 2.45) is 0 Å². The number of thioether (sulfide) groups is 1. The summed E-state index contributed by atoms with van der Waals surface area (Å²) in [7, 11) is 0. The lowest BCUT2D eigenvalue weighted by Crippen LogP contribution is -2.44. The first-order valence-electron chi connectivity index (χ1n) is 8.05. The number of anilines is 1. The summed E-state index contributed by atoms with van der Waals surface area (Å²) in [5.41, 5.74) is 3.55. The predicted octanol–water partition coefficient (Wildman–Crippen LogP) is 3.28. The second kappa shape index (κ2) is 5.87. The molecule has 120 valence electrons. The van der Waals surface area contributed by atoms with Gasteiger partial charge in [0.15, 0.2) is 5.36 Å². The molecule has 0 spiro atoms. The van der Waals surface area contributed by atoms with Gasteiger partial charge in [0.1, 0.15) is 11.5 Å². The molecule has 3 nitrogen and oxygen atoms in total. The van der Waals surface area contributed by atoms with Gasteiger partial charge in [-0.05, 0) is 43.7 Å². The predicted molar refractivity (Wildman–Crippen MR) is 98.4 cm³/mol. The van der Waals surface area contributed by atoms with E-state index in [1.54, 1.807) is 11.8 Å². The van der Waals surface area contributed by atoms with E-state index in [4.69, 9.17) is 9.83 Å². The van der Waals surface area contributed by atoms with Crippen LogP contribution in [-0.4, -0.2) is 6.54 Å². The number of hydrogen-bond acceptors (Lipinski definition) is 3. The van der Waals surface area contributed by atoms with Crippen molar-refractivity contribution in [1.82, 2.24) is 0 Å². The standard InChI is InChI=1S/C20H18N2OS/c1-3-22-17-6-4-5-7-19(17)24-20(22)12-15-10-13(2)16-9-8-14(21)11-18(16)23-15/h4-12,21H,3H2,1-2H3/p+1/b20-12-,21-14?. The molecule has 0 amide bonds. The molecule has 0 saturated heterocycles. The molecule has 0 atom stereocenters. The van der Waals surface area contributed by atoms with Gasteiger partial charge in [0.25, 0.3) is 0 Å². The van der Waals surface area contributed by atoms with Crippen LogP contribution in [0.5, 0.6) is 0 Å². The maximum Gasteiger partial charge on any atom is 0.200 e. The van der Waals surface area contributed by atoms with E-state index in [0.29, 0.717) is 5.36 Å². The smallest absolute Gasteiger partial charge is 0.200 e. The second-order valence-corrected chi connectivity index (χ2v) is 6.95. The largest absolute Gasteiger partial charge is 0.456 e. The van der Waals surface area contributed by atoms with E-state index in [-0.39, 0.29) is 0 Å². The van der Waals surface area contributed by atoms with Crippen LogP contribution in [0.3, 0.4) is 0 Å². The molecule has 0 bridgehead atoms. The second-order valence-electron chi connectivity index (χ2n) is 5.88. The monoisotopic (exact) mass is 335 g/mol. The highest BCUT2D eigenvalue weighted by molar-refractivity contribution is 8.03. The lowest BCUT2D eigenvalue weighted by atomic mass is 10.0. The van der Waals surface area contributed by atoms with Gasteiger partial charge in [0.2, 0.25) is 0 Å². The third-order valence-electron chi connectivity index (χ3n) is 4.24. The van der Waals surface area contributed by atoms with E-state index in [0.717, 1.165) is 23.6 Å². The average Bonchev–Trinajstić information content (AvgIpc) is 2.91. The Morgan fingerprint density at radius 3 is 2.83 bits per heavy atom. The Balaban J connectivity index is 1.81. The molecule has 2 N–H and O–H groups in total. The van der Waals surface area contributed by atoms with Crippen LogP contribution in [0.4, 0.5) is 5.69 Å². The molecule has 2 aliphatic heterocycles. The van der Waals surface area contributed by atoms with E-state index in [2.05, 4.69) is 55.2 Å². The van der Waals surface area contributed by atoms with Crippen LogP contribution in [0.1, 0.15) is 18.2 Å². The summed E-state index contributed by atoms with van der Waals surface area (Å²) in [6.45, 7) is 5.19. The maximum atomic E-state index is 6.08. The molecule has 0 aromatic heterocycles. The number of nitrogens with zero attached hydrogens (tertiary/aromatic N) is 1. The van der Waals surface area contributed by atoms with Crippen LogP contribution < -0.4 is 15.7 Å². The van der Waals surface area contributed by atoms with Gasteiger partial charge in [-0.3, -0.25) is 5.41 Å². The van der Waals surface area contributed by atoms with Gasteiger partial charge in [-0.15, -0.1) is 0 Å². The van der Waals surface area contributed by atoms with Crippen molar-refractivity contribution in [2.75, 3.05) is 11.4 Å². The highest BCUT2D eigenvalue weighted by Crippen LogP contribution is 2.46. The third-order valence-corrected chi connectivity index (χ3v) is 5.35. The Bertz CT molecular complexity index is 973. The van der Waals surface area contributed by atoms with Gasteiger partial charge in [0, 0.05) is 29.1 Å². The molecule has 24 heavy (non-hydrogen) atoms. The zero-order chi connectivity index (χ0) is 16.7. The number of hydrogen-bond donors (Lipinski definition) is 1. The van der Waals surface area contributed by atoms with Gasteiger partial charge in [0.05, 0.1) is 16.8 Å². The van der Waals surface area contributed by atoms with Gasteiger partial charge in [-0.2, -0.15) is 0 Å². The molecular formula is C20H19N2OS+. The van der Waals surface area contributed by atoms with Gasteiger partial charge >= 0.3 is 0 Å². The van der Waals surface area contributed by atoms with E-state index in [1.165, 1.54) is 21.2 Å². The average molecular weight is 335 g/mol. The van der Waals surface area contributed by atoms with Crippen molar-refractivity contribution in [3.8, 4) is 11.3 Å². The van der Waals surface area contributed by atoms with Gasteiger partial charge < -0.3 is 9.32 Å². The molecule has 2 heterocycles.